The molecule has 0 aliphatic carbocycles. The Labute approximate surface area is 69.8 Å². The lowest BCUT2D eigenvalue weighted by molar-refractivity contribution is -0.135. The summed E-state index contributed by atoms with van der Waals surface area (Å²) in [6, 6.07) is 0. The molecule has 0 radical (unpaired) electrons. The maximum Gasteiger partial charge on any atom is 0.389 e. The molecule has 0 heterocycles. The van der Waals surface area contributed by atoms with Crippen LogP contribution >= 0.6 is 0 Å². The highest BCUT2D eigenvalue weighted by Gasteiger charge is 2.25. The quantitative estimate of drug-likeness (QED) is 0.611. The van der Waals surface area contributed by atoms with Gasteiger partial charge >= 0.3 is 6.18 Å². The Kier molecular flexibility index (Phi) is 6.10. The molecule has 0 saturated carbocycles. The van der Waals surface area contributed by atoms with E-state index < -0.39 is 12.6 Å². The van der Waals surface area contributed by atoms with E-state index in [0.717, 1.165) is 0 Å². The summed E-state index contributed by atoms with van der Waals surface area (Å²) in [6.07, 6.45) is -4.09. The number of halogens is 3. The minimum Gasteiger partial charge on any atom is -0.395 e. The standard InChI is InChI=1S/C7H14F3NO/c8-7(9,10)3-1-2-4-11-5-6-12/h11-12H,1-6H2. The number of nitrogens with one attached hydrogen (secondary N) is 1. The molecule has 2 nitrogen and oxygen atoms in total. The molecule has 0 aliphatic rings. The van der Waals surface area contributed by atoms with E-state index in [-0.39, 0.29) is 13.0 Å². The minimum absolute atomic E-state index is 0.0271. The van der Waals surface area contributed by atoms with E-state index in [1.54, 1.807) is 0 Å². The normalized spacial score (nSPS) is 12.0. The van der Waals surface area contributed by atoms with Crippen molar-refractivity contribution in [2.24, 2.45) is 0 Å². The van der Waals surface area contributed by atoms with Crippen molar-refractivity contribution in [3.05, 3.63) is 0 Å². The zero-order valence-corrected chi connectivity index (χ0v) is 6.82. The molecule has 0 atom stereocenters. The van der Waals surface area contributed by atoms with Crippen molar-refractivity contribution in [3.8, 4) is 0 Å². The van der Waals surface area contributed by atoms with Gasteiger partial charge in [0.2, 0.25) is 0 Å². The van der Waals surface area contributed by atoms with Crippen molar-refractivity contribution in [3.63, 3.8) is 0 Å². The molecule has 2 N–H and O–H groups in total. The fourth-order valence-corrected chi connectivity index (χ4v) is 0.780. The Bertz CT molecular complexity index is 105. The Morgan fingerprint density at radius 3 is 2.25 bits per heavy atom. The molecule has 0 aromatic carbocycles. The summed E-state index contributed by atoms with van der Waals surface area (Å²) in [4.78, 5) is 0. The van der Waals surface area contributed by atoms with Crippen LogP contribution in [0.25, 0.3) is 0 Å². The van der Waals surface area contributed by atoms with Gasteiger partial charge in [0, 0.05) is 13.0 Å². The molecule has 5 heteroatoms. The van der Waals surface area contributed by atoms with Gasteiger partial charge in [-0.15, -0.1) is 0 Å². The molecule has 0 aromatic rings. The van der Waals surface area contributed by atoms with E-state index >= 15 is 0 Å². The number of alkyl halides is 3. The highest BCUT2D eigenvalue weighted by molar-refractivity contribution is 4.53. The van der Waals surface area contributed by atoms with Crippen LogP contribution in [0.15, 0.2) is 0 Å². The van der Waals surface area contributed by atoms with Crippen LogP contribution in [0.2, 0.25) is 0 Å². The van der Waals surface area contributed by atoms with Crippen molar-refractivity contribution < 1.29 is 18.3 Å². The van der Waals surface area contributed by atoms with E-state index in [1.807, 2.05) is 0 Å². The lowest BCUT2D eigenvalue weighted by Crippen LogP contribution is -2.19. The average molecular weight is 185 g/mol. The Hall–Kier alpha value is -0.290. The second kappa shape index (κ2) is 6.25. The van der Waals surface area contributed by atoms with Crippen LogP contribution in [0.5, 0.6) is 0 Å². The summed E-state index contributed by atoms with van der Waals surface area (Å²) in [5.74, 6) is 0. The fraction of sp³-hybridized carbons (Fsp3) is 1.00. The molecule has 0 fully saturated rings. The van der Waals surface area contributed by atoms with Crippen LogP contribution in [0.3, 0.4) is 0 Å². The maximum atomic E-state index is 11.6. The number of hydrogen-bond acceptors (Lipinski definition) is 2. The van der Waals surface area contributed by atoms with Crippen LogP contribution < -0.4 is 5.32 Å². The monoisotopic (exact) mass is 185 g/mol. The Morgan fingerprint density at radius 1 is 1.08 bits per heavy atom. The van der Waals surface area contributed by atoms with Gasteiger partial charge in [-0.25, -0.2) is 0 Å². The Balaban J connectivity index is 3.01. The third kappa shape index (κ3) is 9.71. The molecular weight excluding hydrogens is 171 g/mol. The largest absolute Gasteiger partial charge is 0.395 e. The highest BCUT2D eigenvalue weighted by Crippen LogP contribution is 2.21. The molecule has 0 unspecified atom stereocenters. The van der Waals surface area contributed by atoms with Crippen LogP contribution in [0, 0.1) is 0 Å². The first-order valence-corrected chi connectivity index (χ1v) is 3.94. The molecular formula is C7H14F3NO. The Morgan fingerprint density at radius 2 is 1.75 bits per heavy atom. The lowest BCUT2D eigenvalue weighted by Gasteiger charge is -2.05. The third-order valence-electron chi connectivity index (χ3n) is 1.35. The molecule has 0 amide bonds. The number of hydrogen-bond donors (Lipinski definition) is 2. The molecule has 0 saturated heterocycles. The highest BCUT2D eigenvalue weighted by atomic mass is 19.4. The van der Waals surface area contributed by atoms with Gasteiger partial charge in [-0.05, 0) is 19.4 Å². The maximum absolute atomic E-state index is 11.6. The molecule has 74 valence electrons. The van der Waals surface area contributed by atoms with Gasteiger partial charge in [0.25, 0.3) is 0 Å². The smallest absolute Gasteiger partial charge is 0.389 e. The lowest BCUT2D eigenvalue weighted by atomic mass is 10.2. The van der Waals surface area contributed by atoms with Crippen LogP contribution in [0.4, 0.5) is 13.2 Å². The summed E-state index contributed by atoms with van der Waals surface area (Å²) in [7, 11) is 0. The summed E-state index contributed by atoms with van der Waals surface area (Å²) in [6.45, 7) is 1.02. The van der Waals surface area contributed by atoms with E-state index in [4.69, 9.17) is 5.11 Å². The topological polar surface area (TPSA) is 32.3 Å². The predicted octanol–water partition coefficient (Wildman–Crippen LogP) is 1.30. The van der Waals surface area contributed by atoms with Crippen molar-refractivity contribution >= 4 is 0 Å². The van der Waals surface area contributed by atoms with Gasteiger partial charge in [0.05, 0.1) is 6.61 Å². The van der Waals surface area contributed by atoms with Gasteiger partial charge in [-0.1, -0.05) is 0 Å². The first kappa shape index (κ1) is 11.7. The molecule has 0 aliphatic heterocycles. The van der Waals surface area contributed by atoms with Crippen molar-refractivity contribution in [2.45, 2.75) is 25.4 Å². The van der Waals surface area contributed by atoms with Gasteiger partial charge in [-0.2, -0.15) is 13.2 Å². The molecule has 0 spiro atoms. The minimum atomic E-state index is -4.03. The summed E-state index contributed by atoms with van der Waals surface area (Å²) in [5.41, 5.74) is 0. The van der Waals surface area contributed by atoms with Gasteiger partial charge < -0.3 is 10.4 Å². The average Bonchev–Trinajstić information content (AvgIpc) is 1.94. The number of aliphatic hydroxyl groups is 1. The second-order valence-electron chi connectivity index (χ2n) is 2.55. The van der Waals surface area contributed by atoms with Crippen molar-refractivity contribution in [1.29, 1.82) is 0 Å². The van der Waals surface area contributed by atoms with E-state index in [9.17, 15) is 13.2 Å². The van der Waals surface area contributed by atoms with Crippen LogP contribution in [-0.2, 0) is 0 Å². The summed E-state index contributed by atoms with van der Waals surface area (Å²) in [5, 5.41) is 11.1. The van der Waals surface area contributed by atoms with Gasteiger partial charge in [0.15, 0.2) is 0 Å². The fourth-order valence-electron chi connectivity index (χ4n) is 0.780. The van der Waals surface area contributed by atoms with Crippen LogP contribution in [0.1, 0.15) is 19.3 Å². The molecule has 0 aromatic heterocycles. The van der Waals surface area contributed by atoms with E-state index in [0.29, 0.717) is 19.5 Å². The zero-order valence-electron chi connectivity index (χ0n) is 6.82. The number of unbranched alkanes of at least 4 members (excludes halogenated alkanes) is 1. The van der Waals surface area contributed by atoms with Gasteiger partial charge in [-0.3, -0.25) is 0 Å². The van der Waals surface area contributed by atoms with Gasteiger partial charge in [0.1, 0.15) is 0 Å². The van der Waals surface area contributed by atoms with Crippen LogP contribution in [-0.4, -0.2) is 31.0 Å². The predicted molar refractivity (Wildman–Crippen MR) is 39.9 cm³/mol. The SMILES string of the molecule is OCCNCCCCC(F)(F)F. The third-order valence-corrected chi connectivity index (χ3v) is 1.35. The summed E-state index contributed by atoms with van der Waals surface area (Å²) < 4.78 is 34.7. The van der Waals surface area contributed by atoms with Crippen molar-refractivity contribution in [1.82, 2.24) is 5.32 Å². The van der Waals surface area contributed by atoms with Crippen molar-refractivity contribution in [2.75, 3.05) is 19.7 Å². The van der Waals surface area contributed by atoms with E-state index in [2.05, 4.69) is 5.32 Å². The number of rotatable bonds is 6. The second-order valence-corrected chi connectivity index (χ2v) is 2.55. The molecule has 0 rings (SSSR count). The summed E-state index contributed by atoms with van der Waals surface area (Å²) >= 11 is 0. The zero-order chi connectivity index (χ0) is 9.45. The molecule has 0 bridgehead atoms. The molecule has 12 heavy (non-hydrogen) atoms. The first-order chi connectivity index (χ1) is 5.56. The first-order valence-electron chi connectivity index (χ1n) is 3.94. The van der Waals surface area contributed by atoms with E-state index in [1.165, 1.54) is 0 Å². The number of aliphatic hydroxyl groups excluding tert-OH is 1.